The third-order valence-corrected chi connectivity index (χ3v) is 3.81. The summed E-state index contributed by atoms with van der Waals surface area (Å²) >= 11 is 0. The van der Waals surface area contributed by atoms with Crippen LogP contribution in [0.25, 0.3) is 10.9 Å². The molecule has 0 unspecified atom stereocenters. The van der Waals surface area contributed by atoms with Crippen molar-refractivity contribution in [2.24, 2.45) is 0 Å². The number of carbonyl (C=O) groups excluding carboxylic acids is 1. The van der Waals surface area contributed by atoms with Crippen LogP contribution in [0.5, 0.6) is 17.2 Å². The molecule has 0 bridgehead atoms. The molecule has 0 N–H and O–H groups in total. The topological polar surface area (TPSA) is 57.7 Å². The average molecular weight is 323 g/mol. The number of fused-ring (bicyclic) bond motifs is 1. The van der Waals surface area contributed by atoms with Crippen LogP contribution in [0, 0.1) is 0 Å². The van der Waals surface area contributed by atoms with E-state index in [1.54, 1.807) is 24.4 Å². The zero-order chi connectivity index (χ0) is 17.1. The second kappa shape index (κ2) is 6.58. The lowest BCUT2D eigenvalue weighted by Crippen LogP contribution is -2.06. The molecule has 0 aliphatic carbocycles. The Morgan fingerprint density at radius 2 is 1.71 bits per heavy atom. The van der Waals surface area contributed by atoms with Crippen LogP contribution >= 0.6 is 0 Å². The van der Waals surface area contributed by atoms with E-state index >= 15 is 0 Å². The van der Waals surface area contributed by atoms with Gasteiger partial charge in [0.25, 0.3) is 0 Å². The van der Waals surface area contributed by atoms with Crippen LogP contribution in [0.3, 0.4) is 0 Å². The van der Waals surface area contributed by atoms with E-state index in [0.29, 0.717) is 28.4 Å². The molecule has 0 spiro atoms. The van der Waals surface area contributed by atoms with E-state index in [9.17, 15) is 4.79 Å². The Morgan fingerprint density at radius 3 is 2.42 bits per heavy atom. The second-order valence-electron chi connectivity index (χ2n) is 5.12. The summed E-state index contributed by atoms with van der Waals surface area (Å²) < 4.78 is 16.0. The van der Waals surface area contributed by atoms with Crippen molar-refractivity contribution in [2.75, 3.05) is 21.3 Å². The largest absolute Gasteiger partial charge is 0.493 e. The van der Waals surface area contributed by atoms with Crippen LogP contribution in [0.2, 0.25) is 0 Å². The average Bonchev–Trinajstić information content (AvgIpc) is 2.65. The molecule has 3 aromatic rings. The van der Waals surface area contributed by atoms with Crippen molar-refractivity contribution in [1.29, 1.82) is 0 Å². The standard InChI is InChI=1S/C19H17NO4/c1-22-16-9-7-14(18(23-2)19(16)24-3)17(21)13-6-8-15-12(11-13)5-4-10-20-15/h4-11H,1-3H3. The van der Waals surface area contributed by atoms with Gasteiger partial charge < -0.3 is 14.2 Å². The summed E-state index contributed by atoms with van der Waals surface area (Å²) in [6.07, 6.45) is 1.72. The van der Waals surface area contributed by atoms with Gasteiger partial charge in [-0.1, -0.05) is 6.07 Å². The second-order valence-corrected chi connectivity index (χ2v) is 5.12. The van der Waals surface area contributed by atoms with Crippen LogP contribution in [-0.4, -0.2) is 32.1 Å². The minimum absolute atomic E-state index is 0.154. The van der Waals surface area contributed by atoms with Gasteiger partial charge in [0.2, 0.25) is 5.75 Å². The van der Waals surface area contributed by atoms with Gasteiger partial charge in [-0.05, 0) is 36.4 Å². The Hall–Kier alpha value is -3.08. The van der Waals surface area contributed by atoms with Crippen LogP contribution < -0.4 is 14.2 Å². The number of methoxy groups -OCH3 is 3. The molecular formula is C19H17NO4. The van der Waals surface area contributed by atoms with E-state index in [1.807, 2.05) is 24.3 Å². The Kier molecular flexibility index (Phi) is 4.33. The van der Waals surface area contributed by atoms with Gasteiger partial charge >= 0.3 is 0 Å². The summed E-state index contributed by atoms with van der Waals surface area (Å²) in [6.45, 7) is 0. The molecule has 0 aliphatic heterocycles. The van der Waals surface area contributed by atoms with Crippen LogP contribution in [-0.2, 0) is 0 Å². The molecule has 5 nitrogen and oxygen atoms in total. The van der Waals surface area contributed by atoms with Crippen molar-refractivity contribution < 1.29 is 19.0 Å². The number of pyridine rings is 1. The van der Waals surface area contributed by atoms with Crippen molar-refractivity contribution in [2.45, 2.75) is 0 Å². The summed E-state index contributed by atoms with van der Waals surface area (Å²) in [5.41, 5.74) is 1.81. The Labute approximate surface area is 139 Å². The zero-order valence-corrected chi connectivity index (χ0v) is 13.7. The highest BCUT2D eigenvalue weighted by Crippen LogP contribution is 2.40. The molecule has 0 radical (unpaired) electrons. The molecule has 5 heteroatoms. The summed E-state index contributed by atoms with van der Waals surface area (Å²) in [6, 6.07) is 12.5. The maximum Gasteiger partial charge on any atom is 0.204 e. The van der Waals surface area contributed by atoms with Gasteiger partial charge in [0.05, 0.1) is 32.4 Å². The number of benzene rings is 2. The maximum absolute atomic E-state index is 12.9. The highest BCUT2D eigenvalue weighted by atomic mass is 16.5. The van der Waals surface area contributed by atoms with E-state index < -0.39 is 0 Å². The lowest BCUT2D eigenvalue weighted by molar-refractivity contribution is 0.103. The lowest BCUT2D eigenvalue weighted by atomic mass is 10.00. The molecule has 3 rings (SSSR count). The van der Waals surface area contributed by atoms with Gasteiger partial charge in [0.15, 0.2) is 17.3 Å². The minimum Gasteiger partial charge on any atom is -0.493 e. The molecule has 1 heterocycles. The van der Waals surface area contributed by atoms with Crippen molar-refractivity contribution in [3.8, 4) is 17.2 Å². The number of hydrogen-bond acceptors (Lipinski definition) is 5. The number of nitrogens with zero attached hydrogens (tertiary/aromatic N) is 1. The fourth-order valence-electron chi connectivity index (χ4n) is 2.65. The molecule has 0 saturated heterocycles. The van der Waals surface area contributed by atoms with E-state index in [1.165, 1.54) is 21.3 Å². The zero-order valence-electron chi connectivity index (χ0n) is 13.7. The highest BCUT2D eigenvalue weighted by molar-refractivity contribution is 6.12. The number of hydrogen-bond donors (Lipinski definition) is 0. The van der Waals surface area contributed by atoms with Crippen LogP contribution in [0.15, 0.2) is 48.7 Å². The molecule has 24 heavy (non-hydrogen) atoms. The molecular weight excluding hydrogens is 306 g/mol. The van der Waals surface area contributed by atoms with Gasteiger partial charge in [-0.3, -0.25) is 9.78 Å². The number of carbonyl (C=O) groups is 1. The third-order valence-electron chi connectivity index (χ3n) is 3.81. The smallest absolute Gasteiger partial charge is 0.204 e. The van der Waals surface area contributed by atoms with E-state index in [-0.39, 0.29) is 5.78 Å². The van der Waals surface area contributed by atoms with E-state index in [2.05, 4.69) is 4.98 Å². The third kappa shape index (κ3) is 2.65. The Bertz CT molecular complexity index is 905. The van der Waals surface area contributed by atoms with Gasteiger partial charge in [-0.15, -0.1) is 0 Å². The first-order valence-corrected chi connectivity index (χ1v) is 7.38. The van der Waals surface area contributed by atoms with Crippen LogP contribution in [0.4, 0.5) is 0 Å². The summed E-state index contributed by atoms with van der Waals surface area (Å²) in [5.74, 6) is 1.11. The fourth-order valence-corrected chi connectivity index (χ4v) is 2.65. The maximum atomic E-state index is 12.9. The highest BCUT2D eigenvalue weighted by Gasteiger charge is 2.21. The van der Waals surface area contributed by atoms with Crippen molar-refractivity contribution >= 4 is 16.7 Å². The number of ether oxygens (including phenoxy) is 3. The van der Waals surface area contributed by atoms with E-state index in [4.69, 9.17) is 14.2 Å². The Balaban J connectivity index is 2.11. The quantitative estimate of drug-likeness (QED) is 0.673. The monoisotopic (exact) mass is 323 g/mol. The molecule has 2 aromatic carbocycles. The fraction of sp³-hybridized carbons (Fsp3) is 0.158. The number of aromatic nitrogens is 1. The summed E-state index contributed by atoms with van der Waals surface area (Å²) in [5, 5.41) is 0.905. The van der Waals surface area contributed by atoms with Crippen molar-refractivity contribution in [1.82, 2.24) is 4.98 Å². The van der Waals surface area contributed by atoms with Gasteiger partial charge in [-0.2, -0.15) is 0 Å². The molecule has 0 saturated carbocycles. The van der Waals surface area contributed by atoms with Gasteiger partial charge in [-0.25, -0.2) is 0 Å². The molecule has 0 aliphatic rings. The van der Waals surface area contributed by atoms with Crippen molar-refractivity contribution in [3.05, 3.63) is 59.8 Å². The summed E-state index contributed by atoms with van der Waals surface area (Å²) in [7, 11) is 4.55. The normalized spacial score (nSPS) is 10.5. The lowest BCUT2D eigenvalue weighted by Gasteiger charge is -2.15. The molecule has 0 fully saturated rings. The number of ketones is 1. The predicted molar refractivity (Wildman–Crippen MR) is 91.3 cm³/mol. The molecule has 1 aromatic heterocycles. The minimum atomic E-state index is -0.154. The molecule has 0 atom stereocenters. The molecule has 122 valence electrons. The first-order chi connectivity index (χ1) is 11.7. The SMILES string of the molecule is COc1ccc(C(=O)c2ccc3ncccc3c2)c(OC)c1OC. The van der Waals surface area contributed by atoms with E-state index in [0.717, 1.165) is 10.9 Å². The number of rotatable bonds is 5. The van der Waals surface area contributed by atoms with Crippen molar-refractivity contribution in [3.63, 3.8) is 0 Å². The predicted octanol–water partition coefficient (Wildman–Crippen LogP) is 3.49. The molecule has 0 amide bonds. The first kappa shape index (κ1) is 15.8. The first-order valence-electron chi connectivity index (χ1n) is 7.38. The van der Waals surface area contributed by atoms with Crippen LogP contribution in [0.1, 0.15) is 15.9 Å². The van der Waals surface area contributed by atoms with Gasteiger partial charge in [0, 0.05) is 17.1 Å². The van der Waals surface area contributed by atoms with Gasteiger partial charge in [0.1, 0.15) is 0 Å². The Morgan fingerprint density at radius 1 is 0.917 bits per heavy atom. The summed E-state index contributed by atoms with van der Waals surface area (Å²) in [4.78, 5) is 17.2.